The molecule has 0 amide bonds. The highest BCUT2D eigenvalue weighted by Gasteiger charge is 2.19. The molecule has 0 spiro atoms. The summed E-state index contributed by atoms with van der Waals surface area (Å²) in [6.45, 7) is 5.65. The van der Waals surface area contributed by atoms with Gasteiger partial charge in [0.15, 0.2) is 0 Å². The quantitative estimate of drug-likeness (QED) is 0.0346. The topological polar surface area (TPSA) is 114 Å². The van der Waals surface area contributed by atoms with Crippen molar-refractivity contribution in [3.63, 3.8) is 0 Å². The molecule has 6 rings (SSSR count). The van der Waals surface area contributed by atoms with E-state index in [-0.39, 0.29) is 16.9 Å². The second kappa shape index (κ2) is 20.7. The minimum atomic E-state index is -0.626. The van der Waals surface area contributed by atoms with Crippen LogP contribution in [0.25, 0.3) is 11.1 Å². The van der Waals surface area contributed by atoms with Gasteiger partial charge in [0.05, 0.1) is 43.4 Å². The summed E-state index contributed by atoms with van der Waals surface area (Å²) in [5.41, 5.74) is 4.17. The second-order valence-corrected chi connectivity index (χ2v) is 12.7. The number of esters is 2. The summed E-state index contributed by atoms with van der Waals surface area (Å²) in [6, 6.07) is 43.7. The molecule has 10 heteroatoms. The van der Waals surface area contributed by atoms with Gasteiger partial charge in [-0.05, 0) is 147 Å². The van der Waals surface area contributed by atoms with Gasteiger partial charge in [-0.25, -0.2) is 9.59 Å². The van der Waals surface area contributed by atoms with Crippen LogP contribution in [0.5, 0.6) is 34.5 Å². The van der Waals surface area contributed by atoms with E-state index < -0.39 is 11.9 Å². The van der Waals surface area contributed by atoms with Crippen molar-refractivity contribution in [1.29, 1.82) is 0 Å². The monoisotopic (exact) mass is 764 g/mol. The number of hydrogen-bond acceptors (Lipinski definition) is 10. The van der Waals surface area contributed by atoms with E-state index in [1.807, 2.05) is 80.6 Å². The molecule has 6 aromatic carbocycles. The zero-order chi connectivity index (χ0) is 39.7. The molecule has 0 bridgehead atoms. The van der Waals surface area contributed by atoms with Crippen molar-refractivity contribution in [3.05, 3.63) is 157 Å². The molecule has 290 valence electrons. The Hall–Kier alpha value is -6.94. The van der Waals surface area contributed by atoms with Crippen molar-refractivity contribution in [2.45, 2.75) is 33.1 Å². The van der Waals surface area contributed by atoms with Crippen LogP contribution in [0, 0.1) is 0 Å². The summed E-state index contributed by atoms with van der Waals surface area (Å²) in [5, 5.41) is 8.72. The average molecular weight is 765 g/mol. The Morgan fingerprint density at radius 2 is 0.930 bits per heavy atom. The number of rotatable bonds is 19. The second-order valence-electron chi connectivity index (χ2n) is 12.7. The van der Waals surface area contributed by atoms with Crippen LogP contribution >= 0.6 is 0 Å². The first-order valence-electron chi connectivity index (χ1n) is 18.9. The molecule has 0 N–H and O–H groups in total. The predicted octanol–water partition coefficient (Wildman–Crippen LogP) is 11.6. The summed E-state index contributed by atoms with van der Waals surface area (Å²) in [6.07, 6.45) is 2.27. The lowest BCUT2D eigenvalue weighted by Gasteiger charge is -2.13. The van der Waals surface area contributed by atoms with E-state index in [2.05, 4.69) is 22.4 Å². The molecule has 0 fully saturated rings. The van der Waals surface area contributed by atoms with E-state index in [4.69, 9.17) is 28.4 Å². The zero-order valence-corrected chi connectivity index (χ0v) is 32.0. The minimum absolute atomic E-state index is 0.175. The highest BCUT2D eigenvalue weighted by atomic mass is 16.5. The third-order valence-electron chi connectivity index (χ3n) is 8.53. The predicted molar refractivity (Wildman–Crippen MR) is 219 cm³/mol. The van der Waals surface area contributed by atoms with Crippen LogP contribution in [0.4, 0.5) is 11.4 Å². The van der Waals surface area contributed by atoms with Gasteiger partial charge in [-0.3, -0.25) is 0 Å². The van der Waals surface area contributed by atoms with Gasteiger partial charge in [0.1, 0.15) is 40.1 Å². The van der Waals surface area contributed by atoms with Gasteiger partial charge in [0, 0.05) is 0 Å². The Morgan fingerprint density at radius 1 is 0.456 bits per heavy atom. The largest absolute Gasteiger partial charge is 0.494 e. The van der Waals surface area contributed by atoms with Gasteiger partial charge in [0.25, 0.3) is 0 Å². The maximum atomic E-state index is 13.3. The van der Waals surface area contributed by atoms with E-state index in [1.54, 1.807) is 48.5 Å². The number of hydrogen-bond donors (Lipinski definition) is 0. The fourth-order valence-electron chi connectivity index (χ4n) is 5.64. The Labute approximate surface area is 332 Å². The molecule has 10 nitrogen and oxygen atoms in total. The highest BCUT2D eigenvalue weighted by molar-refractivity contribution is 5.97. The van der Waals surface area contributed by atoms with Crippen LogP contribution in [0.1, 0.15) is 53.8 Å². The number of azo groups is 1. The van der Waals surface area contributed by atoms with Crippen LogP contribution < -0.4 is 28.4 Å². The molecule has 0 saturated carbocycles. The fourth-order valence-corrected chi connectivity index (χ4v) is 5.64. The molecular weight excluding hydrogens is 721 g/mol. The molecule has 6 aromatic rings. The molecule has 0 radical (unpaired) electrons. The standard InChI is InChI=1S/C47H44N2O8/c1-3-52-39-22-26-42(27-23-39)56-46(50)36-15-30-44(47(51)57-43-28-24-40(25-29-43)53-4-2)45(33-36)55-32-10-6-9-31-54-41-20-18-38(19-21-41)49-48-37-16-13-35(14-17-37)34-11-7-5-8-12-34/h5,7-8,11-30,33H,3-4,6,9-10,31-32H2,1-2H3. The molecule has 0 aliphatic carbocycles. The van der Waals surface area contributed by atoms with Gasteiger partial charge in [-0.1, -0.05) is 42.5 Å². The third-order valence-corrected chi connectivity index (χ3v) is 8.53. The van der Waals surface area contributed by atoms with Gasteiger partial charge < -0.3 is 28.4 Å². The Balaban J connectivity index is 0.989. The van der Waals surface area contributed by atoms with E-state index >= 15 is 0 Å². The molecule has 0 heterocycles. The Morgan fingerprint density at radius 3 is 1.51 bits per heavy atom. The third kappa shape index (κ3) is 12.0. The maximum Gasteiger partial charge on any atom is 0.347 e. The summed E-state index contributed by atoms with van der Waals surface area (Å²) < 4.78 is 34.2. The summed E-state index contributed by atoms with van der Waals surface area (Å²) in [4.78, 5) is 26.4. The molecule has 0 unspecified atom stereocenters. The molecular formula is C47H44N2O8. The number of ether oxygens (including phenoxy) is 6. The number of benzene rings is 6. The van der Waals surface area contributed by atoms with E-state index in [1.165, 1.54) is 18.2 Å². The number of unbranched alkanes of at least 4 members (excludes halogenated alkanes) is 2. The molecule has 57 heavy (non-hydrogen) atoms. The van der Waals surface area contributed by atoms with Gasteiger partial charge in [-0.2, -0.15) is 10.2 Å². The van der Waals surface area contributed by atoms with E-state index in [0.29, 0.717) is 55.8 Å². The van der Waals surface area contributed by atoms with Crippen LogP contribution in [-0.2, 0) is 0 Å². The van der Waals surface area contributed by atoms with Crippen molar-refractivity contribution in [1.82, 2.24) is 0 Å². The Kier molecular flexibility index (Phi) is 14.4. The van der Waals surface area contributed by atoms with Crippen LogP contribution in [0.3, 0.4) is 0 Å². The van der Waals surface area contributed by atoms with Crippen molar-refractivity contribution < 1.29 is 38.0 Å². The lowest BCUT2D eigenvalue weighted by atomic mass is 10.1. The molecule has 0 saturated heterocycles. The van der Waals surface area contributed by atoms with Gasteiger partial charge in [-0.15, -0.1) is 0 Å². The SMILES string of the molecule is CCOc1ccc(OC(=O)c2ccc(C(=O)Oc3ccc(OCC)cc3)c(OCCCCCOc3ccc(N=Nc4ccc(-c5ccccc5)cc4)cc3)c2)cc1. The molecule has 0 aliphatic rings. The van der Waals surface area contributed by atoms with Crippen LogP contribution in [0.2, 0.25) is 0 Å². The zero-order valence-electron chi connectivity index (χ0n) is 32.0. The van der Waals surface area contributed by atoms with Crippen molar-refractivity contribution in [2.75, 3.05) is 26.4 Å². The summed E-state index contributed by atoms with van der Waals surface area (Å²) in [7, 11) is 0. The van der Waals surface area contributed by atoms with Gasteiger partial charge >= 0.3 is 11.9 Å². The van der Waals surface area contributed by atoms with Crippen molar-refractivity contribution >= 4 is 23.3 Å². The lowest BCUT2D eigenvalue weighted by molar-refractivity contribution is 0.0716. The van der Waals surface area contributed by atoms with Crippen molar-refractivity contribution in [3.8, 4) is 45.6 Å². The number of carbonyl (C=O) groups excluding carboxylic acids is 2. The van der Waals surface area contributed by atoms with Crippen LogP contribution in [-0.4, -0.2) is 38.4 Å². The fraction of sp³-hybridized carbons (Fsp3) is 0.191. The molecule has 0 aliphatic heterocycles. The smallest absolute Gasteiger partial charge is 0.347 e. The lowest BCUT2D eigenvalue weighted by Crippen LogP contribution is -2.14. The van der Waals surface area contributed by atoms with Crippen molar-refractivity contribution in [2.24, 2.45) is 10.2 Å². The summed E-state index contributed by atoms with van der Waals surface area (Å²) >= 11 is 0. The van der Waals surface area contributed by atoms with E-state index in [0.717, 1.165) is 41.1 Å². The van der Waals surface area contributed by atoms with Gasteiger partial charge in [0.2, 0.25) is 0 Å². The first kappa shape index (κ1) is 39.7. The Bertz CT molecular complexity index is 2210. The summed E-state index contributed by atoms with van der Waals surface area (Å²) in [5.74, 6) is 1.76. The maximum absolute atomic E-state index is 13.3. The highest BCUT2D eigenvalue weighted by Crippen LogP contribution is 2.28. The number of nitrogens with zero attached hydrogens (tertiary/aromatic N) is 2. The first-order valence-corrected chi connectivity index (χ1v) is 18.9. The number of carbonyl (C=O) groups is 2. The average Bonchev–Trinajstić information content (AvgIpc) is 3.25. The minimum Gasteiger partial charge on any atom is -0.494 e. The van der Waals surface area contributed by atoms with E-state index in [9.17, 15) is 9.59 Å². The normalized spacial score (nSPS) is 10.8. The first-order chi connectivity index (χ1) is 28.0. The molecule has 0 aromatic heterocycles. The molecule has 0 atom stereocenters. The van der Waals surface area contributed by atoms with Crippen LogP contribution in [0.15, 0.2) is 156 Å².